The SMILES string of the molecule is OC[C@@H]1[C@H]2CC(Cc3cc(Cl)c(Cl)cc3O)C[C@@H]12. The average molecular weight is 287 g/mol. The highest BCUT2D eigenvalue weighted by Crippen LogP contribution is 2.60. The number of aliphatic hydroxyl groups is 1. The maximum atomic E-state index is 9.87. The van der Waals surface area contributed by atoms with Gasteiger partial charge in [0.2, 0.25) is 0 Å². The summed E-state index contributed by atoms with van der Waals surface area (Å²) in [6.45, 7) is 0.333. The molecular weight excluding hydrogens is 271 g/mol. The van der Waals surface area contributed by atoms with E-state index in [2.05, 4.69) is 0 Å². The third-order valence-corrected chi connectivity index (χ3v) is 5.28. The molecule has 0 amide bonds. The van der Waals surface area contributed by atoms with Crippen LogP contribution >= 0.6 is 23.2 Å². The van der Waals surface area contributed by atoms with Crippen molar-refractivity contribution < 1.29 is 10.2 Å². The van der Waals surface area contributed by atoms with Crippen molar-refractivity contribution in [2.75, 3.05) is 6.61 Å². The molecule has 1 unspecified atom stereocenters. The van der Waals surface area contributed by atoms with Crippen LogP contribution < -0.4 is 0 Å². The fourth-order valence-electron chi connectivity index (χ4n) is 3.58. The van der Waals surface area contributed by atoms with Gasteiger partial charge in [-0.25, -0.2) is 0 Å². The molecule has 0 bridgehead atoms. The zero-order chi connectivity index (χ0) is 12.9. The summed E-state index contributed by atoms with van der Waals surface area (Å²) in [5.41, 5.74) is 0.885. The van der Waals surface area contributed by atoms with Gasteiger partial charge in [0.25, 0.3) is 0 Å². The number of phenols is 1. The Labute approximate surface area is 117 Å². The van der Waals surface area contributed by atoms with E-state index in [0.717, 1.165) is 24.8 Å². The molecule has 0 saturated heterocycles. The number of halogens is 2. The molecule has 1 aromatic carbocycles. The summed E-state index contributed by atoms with van der Waals surface area (Å²) in [6, 6.07) is 3.29. The van der Waals surface area contributed by atoms with Gasteiger partial charge in [-0.2, -0.15) is 0 Å². The molecule has 18 heavy (non-hydrogen) atoms. The number of benzene rings is 1. The molecule has 2 saturated carbocycles. The second kappa shape index (κ2) is 4.59. The molecule has 4 atom stereocenters. The van der Waals surface area contributed by atoms with Crippen LogP contribution in [0.3, 0.4) is 0 Å². The van der Waals surface area contributed by atoms with E-state index in [-0.39, 0.29) is 5.75 Å². The third kappa shape index (κ3) is 2.11. The molecule has 1 aromatic rings. The third-order valence-electron chi connectivity index (χ3n) is 4.56. The lowest BCUT2D eigenvalue weighted by Gasteiger charge is -2.15. The van der Waals surface area contributed by atoms with Gasteiger partial charge in [0, 0.05) is 12.7 Å². The summed E-state index contributed by atoms with van der Waals surface area (Å²) in [4.78, 5) is 0. The number of aliphatic hydroxyl groups excluding tert-OH is 1. The molecule has 2 nitrogen and oxygen atoms in total. The monoisotopic (exact) mass is 286 g/mol. The van der Waals surface area contributed by atoms with Crippen molar-refractivity contribution in [3.8, 4) is 5.75 Å². The number of hydrogen-bond acceptors (Lipinski definition) is 2. The van der Waals surface area contributed by atoms with Gasteiger partial charge in [0.1, 0.15) is 5.75 Å². The van der Waals surface area contributed by atoms with Crippen LogP contribution in [0.1, 0.15) is 18.4 Å². The van der Waals surface area contributed by atoms with Crippen LogP contribution in [0.5, 0.6) is 5.75 Å². The summed E-state index contributed by atoms with van der Waals surface area (Å²) in [7, 11) is 0. The van der Waals surface area contributed by atoms with E-state index < -0.39 is 0 Å². The standard InChI is InChI=1S/C14H16Cl2O2/c15-12-4-8(14(18)5-13(12)16)1-7-2-9-10(3-7)11(9)6-17/h4-5,7,9-11,17-18H,1-3,6H2/t7?,9-,10+,11+. The normalized spacial score (nSPS) is 33.5. The first-order valence-electron chi connectivity index (χ1n) is 6.38. The van der Waals surface area contributed by atoms with E-state index >= 15 is 0 Å². The minimum Gasteiger partial charge on any atom is -0.508 e. The van der Waals surface area contributed by atoms with Crippen LogP contribution in [0.2, 0.25) is 10.0 Å². The van der Waals surface area contributed by atoms with Gasteiger partial charge >= 0.3 is 0 Å². The minimum atomic E-state index is 0.240. The van der Waals surface area contributed by atoms with Gasteiger partial charge in [0.05, 0.1) is 10.0 Å². The van der Waals surface area contributed by atoms with Crippen LogP contribution in [0.25, 0.3) is 0 Å². The van der Waals surface area contributed by atoms with Crippen molar-refractivity contribution in [1.29, 1.82) is 0 Å². The lowest BCUT2D eigenvalue weighted by atomic mass is 9.92. The fourth-order valence-corrected chi connectivity index (χ4v) is 3.92. The summed E-state index contributed by atoms with van der Waals surface area (Å²) < 4.78 is 0. The lowest BCUT2D eigenvalue weighted by Crippen LogP contribution is -2.06. The highest BCUT2D eigenvalue weighted by molar-refractivity contribution is 6.42. The highest BCUT2D eigenvalue weighted by atomic mass is 35.5. The molecule has 0 heterocycles. The van der Waals surface area contributed by atoms with E-state index in [0.29, 0.717) is 40.3 Å². The first-order chi connectivity index (χ1) is 8.60. The van der Waals surface area contributed by atoms with Crippen LogP contribution in [0.4, 0.5) is 0 Å². The predicted octanol–water partition coefficient (Wildman–Crippen LogP) is 3.51. The molecule has 0 spiro atoms. The van der Waals surface area contributed by atoms with E-state index in [1.807, 2.05) is 0 Å². The summed E-state index contributed by atoms with van der Waals surface area (Å²) >= 11 is 11.8. The Balaban J connectivity index is 1.66. The quantitative estimate of drug-likeness (QED) is 0.893. The van der Waals surface area contributed by atoms with E-state index in [1.54, 1.807) is 6.07 Å². The van der Waals surface area contributed by atoms with Gasteiger partial charge < -0.3 is 10.2 Å². The maximum Gasteiger partial charge on any atom is 0.120 e. The number of aromatic hydroxyl groups is 1. The summed E-state index contributed by atoms with van der Waals surface area (Å²) in [5, 5.41) is 19.9. The second-order valence-electron chi connectivity index (χ2n) is 5.61. The molecule has 3 rings (SSSR count). The molecule has 98 valence electrons. The van der Waals surface area contributed by atoms with Crippen molar-refractivity contribution in [2.24, 2.45) is 23.7 Å². The van der Waals surface area contributed by atoms with Crippen LogP contribution in [-0.4, -0.2) is 16.8 Å². The Morgan fingerprint density at radius 3 is 2.33 bits per heavy atom. The van der Waals surface area contributed by atoms with E-state index in [1.165, 1.54) is 6.07 Å². The number of phenolic OH excluding ortho intramolecular Hbond substituents is 1. The molecule has 4 heteroatoms. The Morgan fingerprint density at radius 1 is 1.11 bits per heavy atom. The molecule has 2 aliphatic rings. The molecule has 0 radical (unpaired) electrons. The predicted molar refractivity (Wildman–Crippen MR) is 72.1 cm³/mol. The van der Waals surface area contributed by atoms with Crippen LogP contribution in [0.15, 0.2) is 12.1 Å². The molecule has 2 N–H and O–H groups in total. The van der Waals surface area contributed by atoms with E-state index in [9.17, 15) is 5.11 Å². The topological polar surface area (TPSA) is 40.5 Å². The Bertz CT molecular complexity index is 463. The second-order valence-corrected chi connectivity index (χ2v) is 6.43. The van der Waals surface area contributed by atoms with Crippen molar-refractivity contribution >= 4 is 23.2 Å². The first-order valence-corrected chi connectivity index (χ1v) is 7.13. The Kier molecular flexibility index (Phi) is 3.21. The van der Waals surface area contributed by atoms with Crippen molar-refractivity contribution in [1.82, 2.24) is 0 Å². The maximum absolute atomic E-state index is 9.87. The summed E-state index contributed by atoms with van der Waals surface area (Å²) in [5.74, 6) is 2.81. The number of rotatable bonds is 3. The molecule has 0 aromatic heterocycles. The van der Waals surface area contributed by atoms with Crippen molar-refractivity contribution in [3.05, 3.63) is 27.7 Å². The van der Waals surface area contributed by atoms with Gasteiger partial charge in [-0.1, -0.05) is 23.2 Å². The molecule has 2 fully saturated rings. The highest BCUT2D eigenvalue weighted by Gasteiger charge is 2.55. The first kappa shape index (κ1) is 12.6. The Hall–Kier alpha value is -0.440. The summed E-state index contributed by atoms with van der Waals surface area (Å²) in [6.07, 6.45) is 3.18. The molecule has 0 aliphatic heterocycles. The van der Waals surface area contributed by atoms with Crippen molar-refractivity contribution in [2.45, 2.75) is 19.3 Å². The number of hydrogen-bond donors (Lipinski definition) is 2. The van der Waals surface area contributed by atoms with Gasteiger partial charge in [-0.05, 0) is 54.6 Å². The van der Waals surface area contributed by atoms with Crippen LogP contribution in [0, 0.1) is 23.7 Å². The zero-order valence-corrected chi connectivity index (χ0v) is 11.5. The lowest BCUT2D eigenvalue weighted by molar-refractivity contribution is 0.247. The fraction of sp³-hybridized carbons (Fsp3) is 0.571. The average Bonchev–Trinajstić information content (AvgIpc) is 2.80. The van der Waals surface area contributed by atoms with Crippen molar-refractivity contribution in [3.63, 3.8) is 0 Å². The van der Waals surface area contributed by atoms with Gasteiger partial charge in [-0.15, -0.1) is 0 Å². The van der Waals surface area contributed by atoms with E-state index in [4.69, 9.17) is 28.3 Å². The molecular formula is C14H16Cl2O2. The Morgan fingerprint density at radius 2 is 1.72 bits per heavy atom. The smallest absolute Gasteiger partial charge is 0.120 e. The minimum absolute atomic E-state index is 0.240. The van der Waals surface area contributed by atoms with Gasteiger partial charge in [-0.3, -0.25) is 0 Å². The zero-order valence-electron chi connectivity index (χ0n) is 9.94. The largest absolute Gasteiger partial charge is 0.508 e. The van der Waals surface area contributed by atoms with Gasteiger partial charge in [0.15, 0.2) is 0 Å². The van der Waals surface area contributed by atoms with Crippen LogP contribution in [-0.2, 0) is 6.42 Å². The molecule has 2 aliphatic carbocycles. The number of fused-ring (bicyclic) bond motifs is 1.